The van der Waals surface area contributed by atoms with Crippen molar-refractivity contribution in [1.82, 2.24) is 5.32 Å². The van der Waals surface area contributed by atoms with Crippen LogP contribution >= 0.6 is 15.9 Å². The number of nitro groups is 1. The van der Waals surface area contributed by atoms with Gasteiger partial charge < -0.3 is 5.32 Å². The minimum atomic E-state index is -1.21. The van der Waals surface area contributed by atoms with Gasteiger partial charge in [-0.2, -0.15) is 9.71 Å². The summed E-state index contributed by atoms with van der Waals surface area (Å²) < 4.78 is 13.3. The Hall–Kier alpha value is -2.03. The average molecular weight is 303 g/mol. The predicted octanol–water partition coefficient (Wildman–Crippen LogP) is 1.21. The number of carbonyl (C=O) groups is 2. The second-order valence-electron chi connectivity index (χ2n) is 3.05. The van der Waals surface area contributed by atoms with Crippen molar-refractivity contribution >= 4 is 44.8 Å². The number of carbonyl (C=O) groups excluding carboxylic acids is 2. The zero-order chi connectivity index (χ0) is 12.7. The van der Waals surface area contributed by atoms with E-state index in [9.17, 15) is 24.1 Å². The number of amides is 2. The van der Waals surface area contributed by atoms with Gasteiger partial charge in [-0.05, 0) is 22.0 Å². The van der Waals surface area contributed by atoms with Gasteiger partial charge in [-0.15, -0.1) is 0 Å². The van der Waals surface area contributed by atoms with Crippen molar-refractivity contribution in [2.24, 2.45) is 0 Å². The van der Waals surface area contributed by atoms with Crippen LogP contribution in [0.2, 0.25) is 0 Å². The zero-order valence-corrected chi connectivity index (χ0v) is 9.45. The van der Waals surface area contributed by atoms with Crippen LogP contribution in [0.4, 0.5) is 21.5 Å². The number of nitrogens with one attached hydrogen (secondary N) is 1. The molecule has 1 radical (unpaired) electrons. The Bertz CT molecular complexity index is 574. The first-order valence-corrected chi connectivity index (χ1v) is 4.94. The standard InChI is InChI=1S/C8H2BrFN3O4/c9-2-1-3-5(6(4(2)10)13(16)17)12-8(15)7(14)11-3/h1H,(H,11,14). The van der Waals surface area contributed by atoms with Gasteiger partial charge in [-0.1, -0.05) is 0 Å². The van der Waals surface area contributed by atoms with E-state index in [0.29, 0.717) is 0 Å². The number of nitro benzene ring substituents is 1. The molecular formula is C8H2BrFN3O4. The van der Waals surface area contributed by atoms with E-state index in [1.54, 1.807) is 0 Å². The SMILES string of the molecule is O=C1[N]c2c(cc(Br)c(F)c2[N+](=O)[O-])NC1=O. The van der Waals surface area contributed by atoms with Crippen LogP contribution < -0.4 is 10.6 Å². The van der Waals surface area contributed by atoms with Crippen LogP contribution in [0.3, 0.4) is 0 Å². The highest BCUT2D eigenvalue weighted by atomic mass is 79.9. The second-order valence-corrected chi connectivity index (χ2v) is 3.90. The third-order valence-corrected chi connectivity index (χ3v) is 2.58. The van der Waals surface area contributed by atoms with Crippen LogP contribution in [0.25, 0.3) is 0 Å². The van der Waals surface area contributed by atoms with Crippen LogP contribution in [-0.4, -0.2) is 16.7 Å². The minimum absolute atomic E-state index is 0.0884. The van der Waals surface area contributed by atoms with E-state index in [2.05, 4.69) is 26.6 Å². The number of rotatable bonds is 1. The molecule has 0 saturated carbocycles. The molecule has 0 aliphatic carbocycles. The molecule has 1 aromatic rings. The summed E-state index contributed by atoms with van der Waals surface area (Å²) in [5, 5.41) is 16.0. The molecule has 1 aliphatic heterocycles. The number of hydrogen-bond donors (Lipinski definition) is 1. The number of anilines is 1. The smallest absolute Gasteiger partial charge is 0.316 e. The molecule has 9 heteroatoms. The summed E-state index contributed by atoms with van der Waals surface area (Å²) >= 11 is 2.77. The number of hydrogen-bond acceptors (Lipinski definition) is 4. The first-order chi connectivity index (χ1) is 7.91. The van der Waals surface area contributed by atoms with E-state index >= 15 is 0 Å². The summed E-state index contributed by atoms with van der Waals surface area (Å²) in [6.07, 6.45) is 0. The van der Waals surface area contributed by atoms with Crippen molar-refractivity contribution in [3.63, 3.8) is 0 Å². The van der Waals surface area contributed by atoms with E-state index in [-0.39, 0.29) is 10.2 Å². The van der Waals surface area contributed by atoms with Crippen molar-refractivity contribution in [3.8, 4) is 0 Å². The molecule has 1 aromatic carbocycles. The molecule has 1 aliphatic rings. The lowest BCUT2D eigenvalue weighted by Gasteiger charge is -2.15. The lowest BCUT2D eigenvalue weighted by molar-refractivity contribution is -0.386. The third kappa shape index (κ3) is 1.73. The van der Waals surface area contributed by atoms with E-state index in [0.717, 1.165) is 6.07 Å². The second kappa shape index (κ2) is 3.77. The van der Waals surface area contributed by atoms with Gasteiger partial charge in [-0.3, -0.25) is 19.7 Å². The summed E-state index contributed by atoms with van der Waals surface area (Å²) in [7, 11) is 0. The zero-order valence-electron chi connectivity index (χ0n) is 7.86. The first kappa shape index (κ1) is 11.5. The lowest BCUT2D eigenvalue weighted by Crippen LogP contribution is -2.33. The van der Waals surface area contributed by atoms with Crippen LogP contribution in [0.5, 0.6) is 0 Å². The molecule has 0 unspecified atom stereocenters. The molecule has 0 spiro atoms. The largest absolute Gasteiger partial charge is 0.336 e. The highest BCUT2D eigenvalue weighted by Gasteiger charge is 2.35. The fourth-order valence-corrected chi connectivity index (χ4v) is 1.72. The maximum atomic E-state index is 13.5. The fraction of sp³-hybridized carbons (Fsp3) is 0. The van der Waals surface area contributed by atoms with Crippen molar-refractivity contribution < 1.29 is 18.9 Å². The Kier molecular flexibility index (Phi) is 2.54. The van der Waals surface area contributed by atoms with E-state index in [1.807, 2.05) is 0 Å². The van der Waals surface area contributed by atoms with Gasteiger partial charge in [0.2, 0.25) is 5.82 Å². The van der Waals surface area contributed by atoms with Crippen molar-refractivity contribution in [2.45, 2.75) is 0 Å². The van der Waals surface area contributed by atoms with Crippen LogP contribution in [0.15, 0.2) is 10.5 Å². The van der Waals surface area contributed by atoms with Gasteiger partial charge in [0, 0.05) is 0 Å². The number of benzene rings is 1. The minimum Gasteiger partial charge on any atom is -0.316 e. The molecular weight excluding hydrogens is 301 g/mol. The molecule has 0 aromatic heterocycles. The monoisotopic (exact) mass is 302 g/mol. The Morgan fingerprint density at radius 3 is 2.71 bits per heavy atom. The highest BCUT2D eigenvalue weighted by molar-refractivity contribution is 9.10. The molecule has 7 nitrogen and oxygen atoms in total. The Balaban J connectivity index is 2.72. The topological polar surface area (TPSA) is 103 Å². The maximum absolute atomic E-state index is 13.5. The summed E-state index contributed by atoms with van der Waals surface area (Å²) in [6.45, 7) is 0. The van der Waals surface area contributed by atoms with Crippen LogP contribution in [0, 0.1) is 15.9 Å². The number of halogens is 2. The fourth-order valence-electron chi connectivity index (χ4n) is 1.31. The highest BCUT2D eigenvalue weighted by Crippen LogP contribution is 2.40. The van der Waals surface area contributed by atoms with E-state index < -0.39 is 33.9 Å². The molecule has 2 rings (SSSR count). The van der Waals surface area contributed by atoms with Gasteiger partial charge in [0.05, 0.1) is 15.1 Å². The van der Waals surface area contributed by atoms with Crippen LogP contribution in [-0.2, 0) is 9.59 Å². The van der Waals surface area contributed by atoms with Crippen molar-refractivity contribution in [3.05, 3.63) is 26.5 Å². The van der Waals surface area contributed by atoms with Gasteiger partial charge in [0.25, 0.3) is 0 Å². The van der Waals surface area contributed by atoms with Gasteiger partial charge >= 0.3 is 17.5 Å². The quantitative estimate of drug-likeness (QED) is 0.478. The van der Waals surface area contributed by atoms with E-state index in [4.69, 9.17) is 0 Å². The van der Waals surface area contributed by atoms with Gasteiger partial charge in [-0.25, -0.2) is 0 Å². The predicted molar refractivity (Wildman–Crippen MR) is 56.2 cm³/mol. The normalized spacial score (nSPS) is 13.8. The first-order valence-electron chi connectivity index (χ1n) is 4.15. The van der Waals surface area contributed by atoms with Crippen molar-refractivity contribution in [1.29, 1.82) is 0 Å². The Labute approximate surface area is 101 Å². The molecule has 2 amide bonds. The molecule has 0 bridgehead atoms. The third-order valence-electron chi connectivity index (χ3n) is 2.01. The maximum Gasteiger partial charge on any atom is 0.336 e. The summed E-state index contributed by atoms with van der Waals surface area (Å²) in [6, 6.07) is 1.10. The summed E-state index contributed by atoms with van der Waals surface area (Å²) in [4.78, 5) is 31.7. The summed E-state index contributed by atoms with van der Waals surface area (Å²) in [5.74, 6) is -3.38. The molecule has 1 N–H and O–H groups in total. The van der Waals surface area contributed by atoms with Crippen molar-refractivity contribution in [2.75, 3.05) is 5.32 Å². The molecule has 17 heavy (non-hydrogen) atoms. The van der Waals surface area contributed by atoms with Gasteiger partial charge in [0.1, 0.15) is 0 Å². The lowest BCUT2D eigenvalue weighted by atomic mass is 10.2. The number of fused-ring (bicyclic) bond motifs is 1. The van der Waals surface area contributed by atoms with E-state index in [1.165, 1.54) is 0 Å². The molecule has 1 heterocycles. The molecule has 0 saturated heterocycles. The van der Waals surface area contributed by atoms with Crippen LogP contribution in [0.1, 0.15) is 0 Å². The Morgan fingerprint density at radius 1 is 1.47 bits per heavy atom. The van der Waals surface area contributed by atoms with Gasteiger partial charge in [0.15, 0.2) is 5.69 Å². The molecule has 0 atom stereocenters. The molecule has 0 fully saturated rings. The molecule has 87 valence electrons. The summed E-state index contributed by atoms with van der Waals surface area (Å²) in [5.41, 5.74) is -1.53. The average Bonchev–Trinajstić information content (AvgIpc) is 2.23. The Morgan fingerprint density at radius 2 is 2.12 bits per heavy atom. The number of nitrogens with zero attached hydrogens (tertiary/aromatic N) is 2.